The molecule has 0 aromatic heterocycles. The molecule has 3 rings (SSSR count). The predicted octanol–water partition coefficient (Wildman–Crippen LogP) is 3.79. The molecule has 0 aliphatic carbocycles. The first-order valence-corrected chi connectivity index (χ1v) is 7.94. The molecule has 4 amide bonds. The number of urea groups is 1. The van der Waals surface area contributed by atoms with Crippen LogP contribution in [-0.4, -0.2) is 17.8 Å². The minimum Gasteiger partial charge on any atom is -0.273 e. The van der Waals surface area contributed by atoms with Crippen molar-refractivity contribution in [2.45, 2.75) is 19.8 Å². The Balaban J connectivity index is 2.06. The molecule has 6 heteroatoms. The largest absolute Gasteiger partial charge is 0.342 e. The number of barbiturate groups is 1. The van der Waals surface area contributed by atoms with Gasteiger partial charge in [0.1, 0.15) is 6.42 Å². The van der Waals surface area contributed by atoms with Crippen LogP contribution in [0.25, 0.3) is 0 Å². The molecular formula is C18H15ClN2O3. The highest BCUT2D eigenvalue weighted by molar-refractivity contribution is 6.36. The van der Waals surface area contributed by atoms with Crippen LogP contribution in [0, 0.1) is 0 Å². The fraction of sp³-hybridized carbons (Fsp3) is 0.167. The predicted molar refractivity (Wildman–Crippen MR) is 92.3 cm³/mol. The van der Waals surface area contributed by atoms with Gasteiger partial charge in [-0.2, -0.15) is 0 Å². The number of rotatable bonds is 3. The van der Waals surface area contributed by atoms with E-state index in [0.29, 0.717) is 22.8 Å². The fourth-order valence-corrected chi connectivity index (χ4v) is 2.92. The third kappa shape index (κ3) is 2.78. The van der Waals surface area contributed by atoms with Crippen molar-refractivity contribution in [3.05, 3.63) is 59.1 Å². The van der Waals surface area contributed by atoms with Crippen molar-refractivity contribution in [3.63, 3.8) is 0 Å². The van der Waals surface area contributed by atoms with E-state index in [0.717, 1.165) is 15.4 Å². The third-order valence-corrected chi connectivity index (χ3v) is 4.10. The molecule has 0 bridgehead atoms. The van der Waals surface area contributed by atoms with Gasteiger partial charge in [0.25, 0.3) is 0 Å². The molecule has 0 saturated carbocycles. The summed E-state index contributed by atoms with van der Waals surface area (Å²) in [5, 5.41) is 0.408. The van der Waals surface area contributed by atoms with Crippen molar-refractivity contribution in [2.75, 3.05) is 9.80 Å². The summed E-state index contributed by atoms with van der Waals surface area (Å²) in [6.45, 7) is 1.94. The summed E-state index contributed by atoms with van der Waals surface area (Å²) in [7, 11) is 0. The lowest BCUT2D eigenvalue weighted by molar-refractivity contribution is -0.126. The van der Waals surface area contributed by atoms with Gasteiger partial charge >= 0.3 is 6.03 Å². The van der Waals surface area contributed by atoms with E-state index in [4.69, 9.17) is 11.6 Å². The molecule has 0 spiro atoms. The van der Waals surface area contributed by atoms with Crippen molar-refractivity contribution in [1.29, 1.82) is 0 Å². The summed E-state index contributed by atoms with van der Waals surface area (Å²) in [5.74, 6) is -1.08. The molecule has 1 fully saturated rings. The number of anilines is 2. The van der Waals surface area contributed by atoms with Crippen LogP contribution in [0.15, 0.2) is 48.5 Å². The van der Waals surface area contributed by atoms with Crippen LogP contribution >= 0.6 is 11.6 Å². The lowest BCUT2D eigenvalue weighted by Crippen LogP contribution is -2.55. The lowest BCUT2D eigenvalue weighted by Gasteiger charge is -2.33. The number of imide groups is 2. The molecule has 2 aromatic carbocycles. The van der Waals surface area contributed by atoms with Crippen LogP contribution in [-0.2, 0) is 16.0 Å². The normalized spacial score (nSPS) is 15.2. The zero-order valence-corrected chi connectivity index (χ0v) is 13.8. The first-order valence-electron chi connectivity index (χ1n) is 7.56. The van der Waals surface area contributed by atoms with E-state index in [1.165, 1.54) is 6.07 Å². The van der Waals surface area contributed by atoms with Gasteiger partial charge < -0.3 is 0 Å². The number of carbonyl (C=O) groups excluding carboxylic acids is 3. The Kier molecular flexibility index (Phi) is 4.36. The van der Waals surface area contributed by atoms with E-state index in [1.54, 1.807) is 30.3 Å². The minimum absolute atomic E-state index is 0.351. The molecule has 0 atom stereocenters. The first kappa shape index (κ1) is 16.2. The second-order valence-electron chi connectivity index (χ2n) is 5.38. The van der Waals surface area contributed by atoms with Crippen LogP contribution in [0.5, 0.6) is 0 Å². The van der Waals surface area contributed by atoms with Crippen molar-refractivity contribution in [3.8, 4) is 0 Å². The summed E-state index contributed by atoms with van der Waals surface area (Å²) in [4.78, 5) is 39.6. The SMILES string of the molecule is CCc1ccccc1N1C(=O)CC(=O)N(c2cccc(Cl)c2)C1=O. The number of carbonyl (C=O) groups is 3. The second-order valence-corrected chi connectivity index (χ2v) is 5.82. The number of amides is 4. The highest BCUT2D eigenvalue weighted by Crippen LogP contribution is 2.29. The van der Waals surface area contributed by atoms with Gasteiger partial charge in [-0.1, -0.05) is 42.8 Å². The average molecular weight is 343 g/mol. The maximum absolute atomic E-state index is 12.9. The summed E-state index contributed by atoms with van der Waals surface area (Å²) in [6, 6.07) is 12.9. The Morgan fingerprint density at radius 3 is 2.38 bits per heavy atom. The molecule has 1 heterocycles. The Morgan fingerprint density at radius 1 is 0.958 bits per heavy atom. The van der Waals surface area contributed by atoms with Gasteiger partial charge in [0.2, 0.25) is 11.8 Å². The number of hydrogen-bond acceptors (Lipinski definition) is 3. The zero-order valence-electron chi connectivity index (χ0n) is 13.0. The standard InChI is InChI=1S/C18H15ClN2O3/c1-2-12-6-3-4-9-15(12)21-17(23)11-16(22)20(18(21)24)14-8-5-7-13(19)10-14/h3-10H,2,11H2,1H3. The van der Waals surface area contributed by atoms with Crippen molar-refractivity contribution < 1.29 is 14.4 Å². The number of halogens is 1. The molecule has 1 aliphatic rings. The van der Waals surface area contributed by atoms with E-state index in [-0.39, 0.29) is 6.42 Å². The average Bonchev–Trinajstić information content (AvgIpc) is 2.55. The zero-order chi connectivity index (χ0) is 17.3. The van der Waals surface area contributed by atoms with E-state index >= 15 is 0 Å². The van der Waals surface area contributed by atoms with Crippen molar-refractivity contribution >= 4 is 40.8 Å². The summed E-state index contributed by atoms with van der Waals surface area (Å²) in [6.07, 6.45) is 0.300. The van der Waals surface area contributed by atoms with Gasteiger partial charge in [0.05, 0.1) is 11.4 Å². The van der Waals surface area contributed by atoms with Crippen LogP contribution in [0.3, 0.4) is 0 Å². The lowest BCUT2D eigenvalue weighted by atomic mass is 10.1. The van der Waals surface area contributed by atoms with Crippen molar-refractivity contribution in [1.82, 2.24) is 0 Å². The van der Waals surface area contributed by atoms with Gasteiger partial charge in [-0.05, 0) is 36.2 Å². The number of hydrogen-bond donors (Lipinski definition) is 0. The quantitative estimate of drug-likeness (QED) is 0.797. The Labute approximate surface area is 144 Å². The third-order valence-electron chi connectivity index (χ3n) is 3.86. The number of benzene rings is 2. The van der Waals surface area contributed by atoms with Crippen molar-refractivity contribution in [2.24, 2.45) is 0 Å². The fourth-order valence-electron chi connectivity index (χ4n) is 2.74. The van der Waals surface area contributed by atoms with Crippen LogP contribution in [0.4, 0.5) is 16.2 Å². The molecule has 2 aromatic rings. The monoisotopic (exact) mass is 342 g/mol. The number of aryl methyl sites for hydroxylation is 1. The highest BCUT2D eigenvalue weighted by atomic mass is 35.5. The molecular weight excluding hydrogens is 328 g/mol. The molecule has 0 radical (unpaired) electrons. The summed E-state index contributed by atoms with van der Waals surface area (Å²) < 4.78 is 0. The minimum atomic E-state index is -0.681. The Bertz CT molecular complexity index is 835. The number of nitrogens with zero attached hydrogens (tertiary/aromatic N) is 2. The van der Waals surface area contributed by atoms with E-state index in [1.807, 2.05) is 19.1 Å². The molecule has 0 N–H and O–H groups in total. The molecule has 0 unspecified atom stereocenters. The maximum atomic E-state index is 12.9. The molecule has 24 heavy (non-hydrogen) atoms. The van der Waals surface area contributed by atoms with Crippen LogP contribution in [0.1, 0.15) is 18.9 Å². The van der Waals surface area contributed by atoms with E-state index in [9.17, 15) is 14.4 Å². The molecule has 122 valence electrons. The summed E-state index contributed by atoms with van der Waals surface area (Å²) >= 11 is 5.96. The van der Waals surface area contributed by atoms with E-state index < -0.39 is 17.8 Å². The summed E-state index contributed by atoms with van der Waals surface area (Å²) in [5.41, 5.74) is 1.72. The van der Waals surface area contributed by atoms with Crippen LogP contribution < -0.4 is 9.80 Å². The molecule has 1 saturated heterocycles. The number of para-hydroxylation sites is 1. The first-order chi connectivity index (χ1) is 11.5. The molecule has 5 nitrogen and oxygen atoms in total. The van der Waals surface area contributed by atoms with Gasteiger partial charge in [-0.25, -0.2) is 14.6 Å². The highest BCUT2D eigenvalue weighted by Gasteiger charge is 2.40. The maximum Gasteiger partial charge on any atom is 0.342 e. The topological polar surface area (TPSA) is 57.7 Å². The Morgan fingerprint density at radius 2 is 1.67 bits per heavy atom. The van der Waals surface area contributed by atoms with E-state index in [2.05, 4.69) is 0 Å². The second kappa shape index (κ2) is 6.45. The Hall–Kier alpha value is -2.66. The van der Waals surface area contributed by atoms with Crippen LogP contribution in [0.2, 0.25) is 5.02 Å². The van der Waals surface area contributed by atoms with Gasteiger partial charge in [-0.3, -0.25) is 9.59 Å². The van der Waals surface area contributed by atoms with Gasteiger partial charge in [-0.15, -0.1) is 0 Å². The smallest absolute Gasteiger partial charge is 0.273 e. The van der Waals surface area contributed by atoms with Gasteiger partial charge in [0, 0.05) is 5.02 Å². The molecule has 1 aliphatic heterocycles. The van der Waals surface area contributed by atoms with Gasteiger partial charge in [0.15, 0.2) is 0 Å².